The van der Waals surface area contributed by atoms with Crippen LogP contribution in [0.4, 0.5) is 0 Å². The average molecular weight is 202 g/mol. The Bertz CT molecular complexity index is 206. The molecule has 1 atom stereocenters. The van der Waals surface area contributed by atoms with Crippen LogP contribution in [0.15, 0.2) is 0 Å². The first-order valence-corrected chi connectivity index (χ1v) is 4.74. The van der Waals surface area contributed by atoms with Gasteiger partial charge in [-0.2, -0.15) is 0 Å². The lowest BCUT2D eigenvalue weighted by molar-refractivity contribution is -0.143. The van der Waals surface area contributed by atoms with Crippen molar-refractivity contribution in [3.05, 3.63) is 0 Å². The molecule has 5 nitrogen and oxygen atoms in total. The van der Waals surface area contributed by atoms with Gasteiger partial charge in [0.2, 0.25) is 5.91 Å². The van der Waals surface area contributed by atoms with Crippen LogP contribution in [0.1, 0.15) is 20.3 Å². The van der Waals surface area contributed by atoms with Crippen molar-refractivity contribution in [1.29, 1.82) is 0 Å². The molecule has 0 rings (SSSR count). The Morgan fingerprint density at radius 2 is 2.00 bits per heavy atom. The maximum atomic E-state index is 11.1. The molecule has 0 aliphatic rings. The van der Waals surface area contributed by atoms with Gasteiger partial charge in [-0.15, -0.1) is 0 Å². The lowest BCUT2D eigenvalue weighted by Crippen LogP contribution is -2.45. The summed E-state index contributed by atoms with van der Waals surface area (Å²) in [6, 6.07) is -0.572. The molecule has 0 aliphatic carbocycles. The van der Waals surface area contributed by atoms with E-state index >= 15 is 0 Å². The summed E-state index contributed by atoms with van der Waals surface area (Å²) in [6.45, 7) is 4.33. The molecule has 0 spiro atoms. The number of amides is 1. The summed E-state index contributed by atoms with van der Waals surface area (Å²) in [5.41, 5.74) is 0. The number of carbonyl (C=O) groups is 2. The third kappa shape index (κ3) is 3.74. The van der Waals surface area contributed by atoms with Crippen LogP contribution in [0.2, 0.25) is 0 Å². The summed E-state index contributed by atoms with van der Waals surface area (Å²) >= 11 is 0. The van der Waals surface area contributed by atoms with E-state index < -0.39 is 12.0 Å². The van der Waals surface area contributed by atoms with Gasteiger partial charge < -0.3 is 10.4 Å². The maximum Gasteiger partial charge on any atom is 0.320 e. The van der Waals surface area contributed by atoms with E-state index in [1.165, 1.54) is 7.05 Å². The summed E-state index contributed by atoms with van der Waals surface area (Å²) in [6.07, 6.45) is 0.500. The third-order valence-corrected chi connectivity index (χ3v) is 2.14. The average Bonchev–Trinajstić information content (AvgIpc) is 2.16. The van der Waals surface area contributed by atoms with Crippen molar-refractivity contribution in [1.82, 2.24) is 10.2 Å². The third-order valence-electron chi connectivity index (χ3n) is 2.14. The van der Waals surface area contributed by atoms with Gasteiger partial charge in [0.15, 0.2) is 0 Å². The molecule has 0 aliphatic heterocycles. The quantitative estimate of drug-likeness (QED) is 0.632. The predicted molar refractivity (Wildman–Crippen MR) is 53.0 cm³/mol. The molecule has 0 aromatic rings. The summed E-state index contributed by atoms with van der Waals surface area (Å²) in [7, 11) is 1.54. The van der Waals surface area contributed by atoms with Gasteiger partial charge in [-0.1, -0.05) is 13.8 Å². The highest BCUT2D eigenvalue weighted by Gasteiger charge is 2.23. The Kier molecular flexibility index (Phi) is 5.87. The van der Waals surface area contributed by atoms with E-state index in [-0.39, 0.29) is 12.5 Å². The van der Waals surface area contributed by atoms with Crippen LogP contribution in [0, 0.1) is 0 Å². The van der Waals surface area contributed by atoms with E-state index in [4.69, 9.17) is 5.11 Å². The molecule has 0 fully saturated rings. The molecule has 1 unspecified atom stereocenters. The highest BCUT2D eigenvalue weighted by atomic mass is 16.4. The van der Waals surface area contributed by atoms with E-state index in [9.17, 15) is 9.59 Å². The molecule has 0 saturated carbocycles. The molecule has 0 aromatic heterocycles. The number of aliphatic carboxylic acids is 1. The van der Waals surface area contributed by atoms with Crippen molar-refractivity contribution in [2.45, 2.75) is 26.3 Å². The minimum absolute atomic E-state index is 0.137. The zero-order chi connectivity index (χ0) is 11.1. The van der Waals surface area contributed by atoms with Crippen molar-refractivity contribution in [2.75, 3.05) is 20.1 Å². The first kappa shape index (κ1) is 12.9. The number of nitrogens with one attached hydrogen (secondary N) is 1. The predicted octanol–water partition coefficient (Wildman–Crippen LogP) is -0.0825. The van der Waals surface area contributed by atoms with Crippen LogP contribution >= 0.6 is 0 Å². The molecule has 5 heteroatoms. The molecule has 1 amide bonds. The van der Waals surface area contributed by atoms with Crippen molar-refractivity contribution in [3.63, 3.8) is 0 Å². The monoisotopic (exact) mass is 202 g/mol. The molecule has 0 bridgehead atoms. The van der Waals surface area contributed by atoms with Crippen molar-refractivity contribution in [2.24, 2.45) is 0 Å². The molecule has 2 N–H and O–H groups in total. The summed E-state index contributed by atoms with van der Waals surface area (Å²) in [4.78, 5) is 23.5. The van der Waals surface area contributed by atoms with Gasteiger partial charge in [0.1, 0.15) is 6.04 Å². The number of likely N-dealkylation sites (N-methyl/N-ethyl adjacent to an activating group) is 2. The van der Waals surface area contributed by atoms with E-state index in [0.29, 0.717) is 13.0 Å². The summed E-state index contributed by atoms with van der Waals surface area (Å²) in [5.74, 6) is -1.04. The van der Waals surface area contributed by atoms with Crippen LogP contribution in [0.5, 0.6) is 0 Å². The van der Waals surface area contributed by atoms with E-state index in [2.05, 4.69) is 5.32 Å². The molecule has 0 saturated heterocycles. The second-order valence-corrected chi connectivity index (χ2v) is 3.00. The van der Waals surface area contributed by atoms with E-state index in [1.54, 1.807) is 11.8 Å². The number of rotatable bonds is 6. The van der Waals surface area contributed by atoms with Crippen LogP contribution in [0.25, 0.3) is 0 Å². The second-order valence-electron chi connectivity index (χ2n) is 3.00. The van der Waals surface area contributed by atoms with E-state index in [1.807, 2.05) is 6.92 Å². The largest absolute Gasteiger partial charge is 0.480 e. The lowest BCUT2D eigenvalue weighted by atomic mass is 10.2. The molecular formula is C9H18N2O3. The van der Waals surface area contributed by atoms with Crippen LogP contribution in [0.3, 0.4) is 0 Å². The molecular weight excluding hydrogens is 184 g/mol. The van der Waals surface area contributed by atoms with Crippen molar-refractivity contribution >= 4 is 11.9 Å². The normalized spacial score (nSPS) is 12.6. The minimum atomic E-state index is -0.877. The zero-order valence-electron chi connectivity index (χ0n) is 8.91. The fourth-order valence-electron chi connectivity index (χ4n) is 1.29. The first-order valence-electron chi connectivity index (χ1n) is 4.74. The fraction of sp³-hybridized carbons (Fsp3) is 0.778. The lowest BCUT2D eigenvalue weighted by Gasteiger charge is -2.25. The van der Waals surface area contributed by atoms with E-state index in [0.717, 1.165) is 0 Å². The Balaban J connectivity index is 4.36. The highest BCUT2D eigenvalue weighted by Crippen LogP contribution is 2.03. The van der Waals surface area contributed by atoms with Gasteiger partial charge in [0.25, 0.3) is 0 Å². The van der Waals surface area contributed by atoms with Crippen LogP contribution < -0.4 is 5.32 Å². The molecule has 0 heterocycles. The number of carboxylic acid groups (broad SMARTS) is 1. The summed E-state index contributed by atoms with van der Waals surface area (Å²) in [5, 5.41) is 11.4. The topological polar surface area (TPSA) is 69.6 Å². The number of nitrogens with zero attached hydrogens (tertiary/aromatic N) is 1. The van der Waals surface area contributed by atoms with Crippen LogP contribution in [-0.2, 0) is 9.59 Å². The van der Waals surface area contributed by atoms with Gasteiger partial charge in [-0.3, -0.25) is 14.5 Å². The molecule has 82 valence electrons. The van der Waals surface area contributed by atoms with Gasteiger partial charge in [0.05, 0.1) is 6.54 Å². The summed E-state index contributed by atoms with van der Waals surface area (Å²) < 4.78 is 0. The molecule has 14 heavy (non-hydrogen) atoms. The number of hydrogen-bond donors (Lipinski definition) is 2. The van der Waals surface area contributed by atoms with Gasteiger partial charge >= 0.3 is 5.97 Å². The first-order chi connectivity index (χ1) is 6.56. The number of carboxylic acids is 1. The van der Waals surface area contributed by atoms with Crippen molar-refractivity contribution in [3.8, 4) is 0 Å². The Morgan fingerprint density at radius 3 is 2.29 bits per heavy atom. The Labute approximate surface area is 84.1 Å². The fourth-order valence-corrected chi connectivity index (χ4v) is 1.29. The van der Waals surface area contributed by atoms with Crippen molar-refractivity contribution < 1.29 is 14.7 Å². The highest BCUT2D eigenvalue weighted by molar-refractivity contribution is 5.79. The van der Waals surface area contributed by atoms with Gasteiger partial charge in [-0.05, 0) is 13.0 Å². The smallest absolute Gasteiger partial charge is 0.320 e. The number of carbonyl (C=O) groups excluding carboxylic acids is 1. The molecule has 0 aromatic carbocycles. The Morgan fingerprint density at radius 1 is 1.43 bits per heavy atom. The zero-order valence-corrected chi connectivity index (χ0v) is 8.91. The minimum Gasteiger partial charge on any atom is -0.480 e. The Hall–Kier alpha value is -1.10. The molecule has 0 radical (unpaired) electrons. The van der Waals surface area contributed by atoms with Gasteiger partial charge in [0, 0.05) is 7.05 Å². The SMILES string of the molecule is CCC(C(=O)O)N(CC)CC(=O)NC. The second kappa shape index (κ2) is 6.37. The number of hydrogen-bond acceptors (Lipinski definition) is 3. The van der Waals surface area contributed by atoms with Gasteiger partial charge in [-0.25, -0.2) is 0 Å². The standard InChI is InChI=1S/C9H18N2O3/c1-4-7(9(13)14)11(5-2)6-8(12)10-3/h7H,4-6H2,1-3H3,(H,10,12)(H,13,14). The van der Waals surface area contributed by atoms with Crippen LogP contribution in [-0.4, -0.2) is 48.1 Å². The maximum absolute atomic E-state index is 11.1.